The largest absolute Gasteiger partial charge is 0.481 e. The number of aryl methyl sites for hydroxylation is 1. The predicted molar refractivity (Wildman–Crippen MR) is 61.1 cm³/mol. The monoisotopic (exact) mass is 240 g/mol. The van der Waals surface area contributed by atoms with Crippen LogP contribution in [0.2, 0.25) is 0 Å². The highest BCUT2D eigenvalue weighted by Crippen LogP contribution is 2.03. The highest BCUT2D eigenvalue weighted by molar-refractivity contribution is 5.67. The van der Waals surface area contributed by atoms with E-state index in [1.807, 2.05) is 0 Å². The molecule has 1 aromatic rings. The van der Waals surface area contributed by atoms with Crippen molar-refractivity contribution in [3.63, 3.8) is 0 Å². The second-order valence-electron chi connectivity index (χ2n) is 3.71. The first-order chi connectivity index (χ1) is 8.04. The van der Waals surface area contributed by atoms with Gasteiger partial charge in [0.05, 0.1) is 6.61 Å². The number of hydrogen-bond donors (Lipinski definition) is 2. The molecule has 0 unspecified atom stereocenters. The lowest BCUT2D eigenvalue weighted by molar-refractivity contribution is -0.136. The molecule has 0 fully saturated rings. The summed E-state index contributed by atoms with van der Waals surface area (Å²) in [5.74, 6) is -0.360. The SMILES string of the molecule is COCCc1nc(C)c(CCC(=O)O)c(=O)[nH]1. The van der Waals surface area contributed by atoms with Crippen LogP contribution in [0.4, 0.5) is 0 Å². The Morgan fingerprint density at radius 2 is 2.18 bits per heavy atom. The van der Waals surface area contributed by atoms with Crippen LogP contribution in [-0.2, 0) is 22.4 Å². The first kappa shape index (κ1) is 13.4. The number of carboxylic acid groups (broad SMARTS) is 1. The zero-order valence-corrected chi connectivity index (χ0v) is 9.95. The van der Waals surface area contributed by atoms with Crippen LogP contribution in [0.25, 0.3) is 0 Å². The lowest BCUT2D eigenvalue weighted by Crippen LogP contribution is -2.20. The predicted octanol–water partition coefficient (Wildman–Crippen LogP) is 0.284. The van der Waals surface area contributed by atoms with E-state index in [0.29, 0.717) is 30.1 Å². The van der Waals surface area contributed by atoms with E-state index < -0.39 is 5.97 Å². The number of ether oxygens (including phenoxy) is 1. The van der Waals surface area contributed by atoms with Crippen LogP contribution in [0.5, 0.6) is 0 Å². The van der Waals surface area contributed by atoms with Crippen molar-refractivity contribution in [2.75, 3.05) is 13.7 Å². The van der Waals surface area contributed by atoms with Crippen LogP contribution in [-0.4, -0.2) is 34.8 Å². The summed E-state index contributed by atoms with van der Waals surface area (Å²) in [6.07, 6.45) is 0.670. The zero-order valence-electron chi connectivity index (χ0n) is 9.95. The summed E-state index contributed by atoms with van der Waals surface area (Å²) in [6.45, 7) is 2.19. The molecule has 0 aromatic carbocycles. The number of aliphatic carboxylic acids is 1. The van der Waals surface area contributed by atoms with E-state index in [1.165, 1.54) is 0 Å². The van der Waals surface area contributed by atoms with Crippen molar-refractivity contribution in [2.45, 2.75) is 26.2 Å². The van der Waals surface area contributed by atoms with Crippen LogP contribution in [0.1, 0.15) is 23.5 Å². The number of nitrogens with one attached hydrogen (secondary N) is 1. The number of aromatic amines is 1. The van der Waals surface area contributed by atoms with Gasteiger partial charge >= 0.3 is 5.97 Å². The van der Waals surface area contributed by atoms with Crippen molar-refractivity contribution >= 4 is 5.97 Å². The molecule has 1 heterocycles. The van der Waals surface area contributed by atoms with Gasteiger partial charge in [-0.1, -0.05) is 0 Å². The highest BCUT2D eigenvalue weighted by atomic mass is 16.5. The summed E-state index contributed by atoms with van der Waals surface area (Å²) < 4.78 is 4.89. The van der Waals surface area contributed by atoms with Crippen molar-refractivity contribution in [1.82, 2.24) is 9.97 Å². The molecule has 0 spiro atoms. The molecule has 17 heavy (non-hydrogen) atoms. The number of nitrogens with zero attached hydrogens (tertiary/aromatic N) is 1. The Kier molecular flexibility index (Phi) is 4.84. The van der Waals surface area contributed by atoms with E-state index >= 15 is 0 Å². The molecule has 6 nitrogen and oxygen atoms in total. The third-order valence-electron chi connectivity index (χ3n) is 2.40. The van der Waals surface area contributed by atoms with Gasteiger partial charge in [-0.25, -0.2) is 4.98 Å². The maximum Gasteiger partial charge on any atom is 0.303 e. The quantitative estimate of drug-likeness (QED) is 0.745. The Hall–Kier alpha value is -1.69. The first-order valence-electron chi connectivity index (χ1n) is 5.34. The Balaban J connectivity index is 2.86. The summed E-state index contributed by atoms with van der Waals surface area (Å²) in [5, 5.41) is 8.58. The summed E-state index contributed by atoms with van der Waals surface area (Å²) in [7, 11) is 1.58. The molecule has 0 amide bonds. The minimum atomic E-state index is -0.924. The van der Waals surface area contributed by atoms with Crippen LogP contribution in [0.3, 0.4) is 0 Å². The molecule has 94 valence electrons. The van der Waals surface area contributed by atoms with E-state index in [0.717, 1.165) is 0 Å². The Labute approximate surface area is 98.7 Å². The van der Waals surface area contributed by atoms with Gasteiger partial charge in [0.25, 0.3) is 5.56 Å². The molecule has 0 aliphatic carbocycles. The number of carboxylic acids is 1. The molecule has 1 rings (SSSR count). The Morgan fingerprint density at radius 1 is 1.47 bits per heavy atom. The lowest BCUT2D eigenvalue weighted by atomic mass is 10.1. The molecule has 0 saturated carbocycles. The lowest BCUT2D eigenvalue weighted by Gasteiger charge is -2.05. The third kappa shape index (κ3) is 3.99. The number of H-pyrrole nitrogens is 1. The van der Waals surface area contributed by atoms with E-state index in [9.17, 15) is 9.59 Å². The van der Waals surface area contributed by atoms with Gasteiger partial charge in [0.15, 0.2) is 0 Å². The maximum absolute atomic E-state index is 11.7. The fourth-order valence-corrected chi connectivity index (χ4v) is 1.51. The average Bonchev–Trinajstić information content (AvgIpc) is 2.24. The van der Waals surface area contributed by atoms with Crippen molar-refractivity contribution in [1.29, 1.82) is 0 Å². The number of hydrogen-bond acceptors (Lipinski definition) is 4. The molecule has 6 heteroatoms. The van der Waals surface area contributed by atoms with E-state index in [-0.39, 0.29) is 18.4 Å². The smallest absolute Gasteiger partial charge is 0.303 e. The van der Waals surface area contributed by atoms with E-state index in [4.69, 9.17) is 9.84 Å². The second kappa shape index (κ2) is 6.15. The minimum absolute atomic E-state index is 0.0665. The molecule has 2 N–H and O–H groups in total. The van der Waals surface area contributed by atoms with Crippen molar-refractivity contribution < 1.29 is 14.6 Å². The summed E-state index contributed by atoms with van der Waals surface area (Å²) in [6, 6.07) is 0. The highest BCUT2D eigenvalue weighted by Gasteiger charge is 2.09. The van der Waals surface area contributed by atoms with Gasteiger partial charge in [-0.15, -0.1) is 0 Å². The number of aromatic nitrogens is 2. The van der Waals surface area contributed by atoms with Crippen LogP contribution < -0.4 is 5.56 Å². The Morgan fingerprint density at radius 3 is 2.71 bits per heavy atom. The van der Waals surface area contributed by atoms with Crippen molar-refractivity contribution in [3.05, 3.63) is 27.4 Å². The number of methoxy groups -OCH3 is 1. The topological polar surface area (TPSA) is 92.3 Å². The molecular weight excluding hydrogens is 224 g/mol. The molecule has 0 aliphatic heterocycles. The average molecular weight is 240 g/mol. The summed E-state index contributed by atoms with van der Waals surface area (Å²) in [5.41, 5.74) is 0.763. The normalized spacial score (nSPS) is 10.5. The molecule has 0 aliphatic rings. The van der Waals surface area contributed by atoms with Gasteiger partial charge in [-0.05, 0) is 13.3 Å². The first-order valence-corrected chi connectivity index (χ1v) is 5.34. The molecule has 0 saturated heterocycles. The summed E-state index contributed by atoms with van der Waals surface area (Å²) >= 11 is 0. The molecule has 0 atom stereocenters. The minimum Gasteiger partial charge on any atom is -0.481 e. The van der Waals surface area contributed by atoms with Gasteiger partial charge in [-0.3, -0.25) is 9.59 Å². The van der Waals surface area contributed by atoms with Gasteiger partial charge in [0, 0.05) is 31.2 Å². The molecule has 0 bridgehead atoms. The van der Waals surface area contributed by atoms with Gasteiger partial charge in [0.2, 0.25) is 0 Å². The Bertz CT molecular complexity index is 453. The number of carbonyl (C=O) groups is 1. The van der Waals surface area contributed by atoms with Crippen molar-refractivity contribution in [2.24, 2.45) is 0 Å². The maximum atomic E-state index is 11.7. The van der Waals surface area contributed by atoms with Gasteiger partial charge < -0.3 is 14.8 Å². The fraction of sp³-hybridized carbons (Fsp3) is 0.545. The van der Waals surface area contributed by atoms with Crippen LogP contribution >= 0.6 is 0 Å². The van der Waals surface area contributed by atoms with E-state index in [2.05, 4.69) is 9.97 Å². The molecular formula is C11H16N2O4. The number of rotatable bonds is 6. The fourth-order valence-electron chi connectivity index (χ4n) is 1.51. The standard InChI is InChI=1S/C11H16N2O4/c1-7-8(3-4-10(14)15)11(16)13-9(12-7)5-6-17-2/h3-6H2,1-2H3,(H,14,15)(H,12,13,16). The van der Waals surface area contributed by atoms with Crippen LogP contribution in [0.15, 0.2) is 4.79 Å². The van der Waals surface area contributed by atoms with E-state index in [1.54, 1.807) is 14.0 Å². The molecule has 0 radical (unpaired) electrons. The second-order valence-corrected chi connectivity index (χ2v) is 3.71. The summed E-state index contributed by atoms with van der Waals surface area (Å²) in [4.78, 5) is 29.0. The third-order valence-corrected chi connectivity index (χ3v) is 2.40. The molecule has 1 aromatic heterocycles. The zero-order chi connectivity index (χ0) is 12.8. The van der Waals surface area contributed by atoms with Crippen LogP contribution in [0, 0.1) is 6.92 Å². The van der Waals surface area contributed by atoms with Crippen molar-refractivity contribution in [3.8, 4) is 0 Å². The van der Waals surface area contributed by atoms with Gasteiger partial charge in [-0.2, -0.15) is 0 Å². The van der Waals surface area contributed by atoms with Gasteiger partial charge in [0.1, 0.15) is 5.82 Å².